The molecular formula is C11H16BrNS. The Balaban J connectivity index is 1.72. The first-order valence-corrected chi connectivity index (χ1v) is 6.82. The van der Waals surface area contributed by atoms with E-state index in [1.807, 2.05) is 11.3 Å². The van der Waals surface area contributed by atoms with E-state index in [1.165, 1.54) is 34.5 Å². The van der Waals surface area contributed by atoms with Gasteiger partial charge in [-0.2, -0.15) is 0 Å². The lowest BCUT2D eigenvalue weighted by atomic mass is 10.1. The predicted octanol–water partition coefficient (Wildman–Crippen LogP) is 3.44. The van der Waals surface area contributed by atoms with Crippen LogP contribution in [0.4, 0.5) is 0 Å². The first-order valence-electron chi connectivity index (χ1n) is 5.21. The monoisotopic (exact) mass is 273 g/mol. The summed E-state index contributed by atoms with van der Waals surface area (Å²) in [6.07, 6.45) is 3.98. The number of nitrogens with one attached hydrogen (secondary N) is 1. The van der Waals surface area contributed by atoms with Gasteiger partial charge >= 0.3 is 0 Å². The third kappa shape index (κ3) is 3.37. The molecule has 78 valence electrons. The van der Waals surface area contributed by atoms with Crippen LogP contribution in [0.25, 0.3) is 0 Å². The minimum atomic E-state index is 0.751. The van der Waals surface area contributed by atoms with Crippen molar-refractivity contribution in [1.29, 1.82) is 0 Å². The van der Waals surface area contributed by atoms with Gasteiger partial charge in [0.1, 0.15) is 0 Å². The summed E-state index contributed by atoms with van der Waals surface area (Å²) in [4.78, 5) is 1.49. The molecule has 3 heteroatoms. The Labute approximate surface area is 98.0 Å². The smallest absolute Gasteiger partial charge is 0.0701 e. The molecule has 0 saturated heterocycles. The maximum absolute atomic E-state index is 3.58. The van der Waals surface area contributed by atoms with E-state index in [2.05, 4.69) is 40.3 Å². The topological polar surface area (TPSA) is 12.0 Å². The van der Waals surface area contributed by atoms with Crippen LogP contribution in [0.15, 0.2) is 15.9 Å². The maximum atomic E-state index is 3.58. The zero-order chi connectivity index (χ0) is 9.97. The largest absolute Gasteiger partial charge is 0.314 e. The summed E-state index contributed by atoms with van der Waals surface area (Å²) in [6.45, 7) is 3.49. The van der Waals surface area contributed by atoms with Crippen LogP contribution in [-0.4, -0.2) is 12.6 Å². The molecule has 1 heterocycles. The van der Waals surface area contributed by atoms with Crippen molar-refractivity contribution in [3.8, 4) is 0 Å². The maximum Gasteiger partial charge on any atom is 0.0701 e. The van der Waals surface area contributed by atoms with Gasteiger partial charge in [-0.15, -0.1) is 11.3 Å². The first-order chi connectivity index (χ1) is 6.74. The Hall–Kier alpha value is 0.140. The Morgan fingerprint density at radius 2 is 2.36 bits per heavy atom. The van der Waals surface area contributed by atoms with Gasteiger partial charge in [-0.1, -0.05) is 6.92 Å². The predicted molar refractivity (Wildman–Crippen MR) is 65.9 cm³/mol. The van der Waals surface area contributed by atoms with Gasteiger partial charge in [-0.05, 0) is 59.8 Å². The molecule has 1 aliphatic carbocycles. The van der Waals surface area contributed by atoms with Crippen LogP contribution in [-0.2, 0) is 6.42 Å². The van der Waals surface area contributed by atoms with Crippen molar-refractivity contribution in [3.63, 3.8) is 0 Å². The van der Waals surface area contributed by atoms with Crippen LogP contribution in [0.5, 0.6) is 0 Å². The summed E-state index contributed by atoms with van der Waals surface area (Å²) in [5.74, 6) is 0.751. The molecule has 0 bridgehead atoms. The molecule has 0 radical (unpaired) electrons. The Kier molecular flexibility index (Phi) is 3.63. The van der Waals surface area contributed by atoms with Crippen molar-refractivity contribution < 1.29 is 0 Å². The van der Waals surface area contributed by atoms with Gasteiger partial charge in [0.15, 0.2) is 0 Å². The average molecular weight is 274 g/mol. The summed E-state index contributed by atoms with van der Waals surface area (Å²) in [6, 6.07) is 5.20. The second-order valence-corrected chi connectivity index (χ2v) is 6.75. The van der Waals surface area contributed by atoms with Crippen LogP contribution in [0, 0.1) is 5.92 Å². The van der Waals surface area contributed by atoms with Crippen LogP contribution in [0.3, 0.4) is 0 Å². The lowest BCUT2D eigenvalue weighted by Gasteiger charge is -2.10. The molecule has 0 spiro atoms. The molecule has 1 nitrogen and oxygen atoms in total. The third-order valence-corrected chi connectivity index (χ3v) is 4.16. The fraction of sp³-hybridized carbons (Fsp3) is 0.636. The van der Waals surface area contributed by atoms with E-state index in [0.717, 1.165) is 12.0 Å². The quantitative estimate of drug-likeness (QED) is 0.867. The van der Waals surface area contributed by atoms with Gasteiger partial charge in [-0.25, -0.2) is 0 Å². The van der Waals surface area contributed by atoms with Crippen molar-refractivity contribution in [2.24, 2.45) is 5.92 Å². The second kappa shape index (κ2) is 4.77. The fourth-order valence-electron chi connectivity index (χ4n) is 1.53. The normalized spacial score (nSPS) is 18.4. The zero-order valence-electron chi connectivity index (χ0n) is 8.42. The van der Waals surface area contributed by atoms with Gasteiger partial charge in [0, 0.05) is 10.9 Å². The van der Waals surface area contributed by atoms with Crippen LogP contribution in [0.1, 0.15) is 24.6 Å². The SMILES string of the molecule is CC(CNC1CC1)Cc1ccc(Br)s1. The highest BCUT2D eigenvalue weighted by Gasteiger charge is 2.20. The van der Waals surface area contributed by atoms with E-state index in [-0.39, 0.29) is 0 Å². The van der Waals surface area contributed by atoms with Crippen LogP contribution >= 0.6 is 27.3 Å². The number of thiophene rings is 1. The standard InChI is InChI=1S/C11H16BrNS/c1-8(7-13-9-2-3-9)6-10-4-5-11(12)14-10/h4-5,8-9,13H,2-3,6-7H2,1H3. The van der Waals surface area contributed by atoms with E-state index in [1.54, 1.807) is 0 Å². The summed E-state index contributed by atoms with van der Waals surface area (Å²) in [5.41, 5.74) is 0. The van der Waals surface area contributed by atoms with E-state index < -0.39 is 0 Å². The molecule has 0 aliphatic heterocycles. The molecule has 14 heavy (non-hydrogen) atoms. The van der Waals surface area contributed by atoms with E-state index in [0.29, 0.717) is 0 Å². The van der Waals surface area contributed by atoms with Crippen molar-refractivity contribution in [1.82, 2.24) is 5.32 Å². The number of halogens is 1. The molecule has 0 amide bonds. The van der Waals surface area contributed by atoms with Gasteiger partial charge in [0.25, 0.3) is 0 Å². The molecule has 1 N–H and O–H groups in total. The van der Waals surface area contributed by atoms with Crippen molar-refractivity contribution in [3.05, 3.63) is 20.8 Å². The summed E-state index contributed by atoms with van der Waals surface area (Å²) < 4.78 is 1.25. The third-order valence-electron chi connectivity index (χ3n) is 2.51. The van der Waals surface area contributed by atoms with Gasteiger partial charge in [0.2, 0.25) is 0 Å². The number of rotatable bonds is 5. The fourth-order valence-corrected chi connectivity index (χ4v) is 3.18. The molecule has 1 aromatic rings. The molecule has 1 aliphatic rings. The molecule has 0 aromatic carbocycles. The summed E-state index contributed by atoms with van der Waals surface area (Å²) in [5, 5.41) is 3.58. The van der Waals surface area contributed by atoms with Crippen molar-refractivity contribution >= 4 is 27.3 Å². The van der Waals surface area contributed by atoms with E-state index in [9.17, 15) is 0 Å². The Morgan fingerprint density at radius 1 is 1.57 bits per heavy atom. The van der Waals surface area contributed by atoms with Gasteiger partial charge in [-0.3, -0.25) is 0 Å². The summed E-state index contributed by atoms with van der Waals surface area (Å²) in [7, 11) is 0. The molecule has 2 rings (SSSR count). The number of hydrogen-bond acceptors (Lipinski definition) is 2. The zero-order valence-corrected chi connectivity index (χ0v) is 10.8. The lowest BCUT2D eigenvalue weighted by molar-refractivity contribution is 0.512. The minimum absolute atomic E-state index is 0.751. The Morgan fingerprint density at radius 3 is 2.93 bits per heavy atom. The molecule has 1 atom stereocenters. The lowest BCUT2D eigenvalue weighted by Crippen LogP contribution is -2.24. The van der Waals surface area contributed by atoms with Crippen LogP contribution in [0.2, 0.25) is 0 Å². The highest BCUT2D eigenvalue weighted by Crippen LogP contribution is 2.24. The van der Waals surface area contributed by atoms with E-state index in [4.69, 9.17) is 0 Å². The second-order valence-electron chi connectivity index (χ2n) is 4.20. The molecular weight excluding hydrogens is 258 g/mol. The molecule has 1 fully saturated rings. The van der Waals surface area contributed by atoms with Crippen LogP contribution < -0.4 is 5.32 Å². The molecule has 1 saturated carbocycles. The van der Waals surface area contributed by atoms with Crippen molar-refractivity contribution in [2.75, 3.05) is 6.54 Å². The first kappa shape index (κ1) is 10.7. The molecule has 1 unspecified atom stereocenters. The average Bonchev–Trinajstić information content (AvgIpc) is 2.88. The highest BCUT2D eigenvalue weighted by atomic mass is 79.9. The van der Waals surface area contributed by atoms with Gasteiger partial charge in [0.05, 0.1) is 3.79 Å². The Bertz CT molecular complexity index is 293. The van der Waals surface area contributed by atoms with E-state index >= 15 is 0 Å². The summed E-state index contributed by atoms with van der Waals surface area (Å²) >= 11 is 5.35. The van der Waals surface area contributed by atoms with Crippen molar-refractivity contribution in [2.45, 2.75) is 32.2 Å². The minimum Gasteiger partial charge on any atom is -0.314 e. The number of hydrogen-bond donors (Lipinski definition) is 1. The van der Waals surface area contributed by atoms with Gasteiger partial charge < -0.3 is 5.32 Å². The molecule has 1 aromatic heterocycles. The highest BCUT2D eigenvalue weighted by molar-refractivity contribution is 9.11.